The van der Waals surface area contributed by atoms with Gasteiger partial charge in [0.15, 0.2) is 0 Å². The van der Waals surface area contributed by atoms with E-state index in [-0.39, 0.29) is 18.6 Å². The molecule has 0 aliphatic carbocycles. The molecule has 0 saturated heterocycles. The maximum atomic E-state index is 10.8. The van der Waals surface area contributed by atoms with Crippen molar-refractivity contribution in [3.63, 3.8) is 0 Å². The lowest BCUT2D eigenvalue weighted by molar-refractivity contribution is 0.0695. The van der Waals surface area contributed by atoms with E-state index in [9.17, 15) is 9.90 Å². The molecule has 1 atom stereocenters. The van der Waals surface area contributed by atoms with E-state index >= 15 is 0 Å². The molecule has 3 N–H and O–H groups in total. The molecule has 0 radical (unpaired) electrons. The van der Waals surface area contributed by atoms with Crippen LogP contribution in [0, 0.1) is 3.57 Å². The third-order valence-corrected chi connectivity index (χ3v) is 3.25. The van der Waals surface area contributed by atoms with Crippen LogP contribution in [0.4, 0.5) is 0 Å². The summed E-state index contributed by atoms with van der Waals surface area (Å²) in [7, 11) is 0. The molecule has 0 aromatic heterocycles. The predicted molar refractivity (Wildman–Crippen MR) is 62.9 cm³/mol. The molecule has 0 bridgehead atoms. The van der Waals surface area contributed by atoms with Crippen LogP contribution in [0.15, 0.2) is 18.2 Å². The van der Waals surface area contributed by atoms with Gasteiger partial charge in [0.1, 0.15) is 0 Å². The fourth-order valence-electron chi connectivity index (χ4n) is 1.22. The second-order valence-electron chi connectivity index (χ2n) is 3.12. The number of carbonyl (C=O) groups is 1. The van der Waals surface area contributed by atoms with E-state index in [4.69, 9.17) is 10.2 Å². The first-order valence-electron chi connectivity index (χ1n) is 4.36. The van der Waals surface area contributed by atoms with Crippen molar-refractivity contribution >= 4 is 28.6 Å². The lowest BCUT2D eigenvalue weighted by Gasteiger charge is -2.10. The van der Waals surface area contributed by atoms with Gasteiger partial charge in [-0.2, -0.15) is 0 Å². The highest BCUT2D eigenvalue weighted by Gasteiger charge is 2.13. The van der Waals surface area contributed by atoms with Crippen molar-refractivity contribution in [2.45, 2.75) is 12.5 Å². The van der Waals surface area contributed by atoms with Crippen LogP contribution in [0.3, 0.4) is 0 Å². The Labute approximate surface area is 101 Å². The summed E-state index contributed by atoms with van der Waals surface area (Å²) in [5, 5.41) is 26.8. The maximum Gasteiger partial charge on any atom is 0.336 e. The summed E-state index contributed by atoms with van der Waals surface area (Å²) in [5.41, 5.74) is 0.954. The van der Waals surface area contributed by atoms with Gasteiger partial charge in [-0.3, -0.25) is 0 Å². The van der Waals surface area contributed by atoms with Gasteiger partial charge < -0.3 is 15.3 Å². The maximum absolute atomic E-state index is 10.8. The number of carboxylic acids is 1. The summed E-state index contributed by atoms with van der Waals surface area (Å²) in [4.78, 5) is 10.8. The van der Waals surface area contributed by atoms with E-state index in [1.165, 1.54) is 6.07 Å². The molecule has 15 heavy (non-hydrogen) atoms. The number of rotatable bonds is 4. The van der Waals surface area contributed by atoms with Gasteiger partial charge in [0, 0.05) is 9.99 Å². The predicted octanol–water partition coefficient (Wildman–Crippen LogP) is 0.885. The van der Waals surface area contributed by atoms with Crippen LogP contribution < -0.4 is 0 Å². The molecule has 1 aromatic carbocycles. The Hall–Kier alpha value is -0.660. The molecule has 0 amide bonds. The minimum Gasteiger partial charge on any atom is -0.478 e. The Morgan fingerprint density at radius 1 is 1.47 bits per heavy atom. The van der Waals surface area contributed by atoms with Crippen LogP contribution in [0.2, 0.25) is 0 Å². The fourth-order valence-corrected chi connectivity index (χ4v) is 2.03. The Balaban J connectivity index is 2.99. The van der Waals surface area contributed by atoms with Gasteiger partial charge in [-0.1, -0.05) is 12.1 Å². The average Bonchev–Trinajstić information content (AvgIpc) is 2.20. The first-order valence-corrected chi connectivity index (χ1v) is 5.43. The van der Waals surface area contributed by atoms with Gasteiger partial charge in [-0.05, 0) is 34.2 Å². The molecule has 0 saturated carbocycles. The molecule has 5 heteroatoms. The minimum atomic E-state index is -0.986. The van der Waals surface area contributed by atoms with Crippen LogP contribution in [0.5, 0.6) is 0 Å². The second kappa shape index (κ2) is 5.43. The number of carboxylic acid groups (broad SMARTS) is 1. The van der Waals surface area contributed by atoms with E-state index in [0.717, 1.165) is 5.56 Å². The monoisotopic (exact) mass is 322 g/mol. The second-order valence-corrected chi connectivity index (χ2v) is 4.20. The van der Waals surface area contributed by atoms with Crippen molar-refractivity contribution in [1.29, 1.82) is 0 Å². The van der Waals surface area contributed by atoms with Gasteiger partial charge in [0.2, 0.25) is 0 Å². The molecule has 1 rings (SSSR count). The van der Waals surface area contributed by atoms with Gasteiger partial charge in [0.05, 0.1) is 18.3 Å². The molecule has 82 valence electrons. The smallest absolute Gasteiger partial charge is 0.336 e. The summed E-state index contributed by atoms with van der Waals surface area (Å²) < 4.78 is 0.607. The molecule has 0 aliphatic heterocycles. The summed E-state index contributed by atoms with van der Waals surface area (Å²) in [6.07, 6.45) is -0.585. The molecule has 4 nitrogen and oxygen atoms in total. The average molecular weight is 322 g/mol. The molecule has 1 unspecified atom stereocenters. The molecule has 0 heterocycles. The zero-order valence-electron chi connectivity index (χ0n) is 7.85. The van der Waals surface area contributed by atoms with Crippen LogP contribution in [0.25, 0.3) is 0 Å². The normalized spacial score (nSPS) is 12.5. The van der Waals surface area contributed by atoms with E-state index in [0.29, 0.717) is 3.57 Å². The fraction of sp³-hybridized carbons (Fsp3) is 0.300. The number of aliphatic hydroxyl groups excluding tert-OH is 2. The summed E-state index contributed by atoms with van der Waals surface area (Å²) in [5.74, 6) is -0.986. The molecule has 0 spiro atoms. The van der Waals surface area contributed by atoms with Gasteiger partial charge in [-0.25, -0.2) is 4.79 Å². The highest BCUT2D eigenvalue weighted by Crippen LogP contribution is 2.19. The molecule has 0 fully saturated rings. The van der Waals surface area contributed by atoms with Crippen LogP contribution in [0.1, 0.15) is 15.9 Å². The quantitative estimate of drug-likeness (QED) is 0.720. The lowest BCUT2D eigenvalue weighted by Crippen LogP contribution is -2.16. The zero-order chi connectivity index (χ0) is 11.4. The Morgan fingerprint density at radius 3 is 2.67 bits per heavy atom. The zero-order valence-corrected chi connectivity index (χ0v) is 10.0. The lowest BCUT2D eigenvalue weighted by atomic mass is 10.1. The standard InChI is InChI=1S/C10H11IO4/c11-9-6(4-7(13)5-12)2-1-3-8(9)10(14)15/h1-3,7,12-13H,4-5H2,(H,14,15). The first kappa shape index (κ1) is 12.4. The topological polar surface area (TPSA) is 77.8 Å². The summed E-state index contributed by atoms with van der Waals surface area (Å²) >= 11 is 1.93. The number of aliphatic hydroxyl groups is 2. The van der Waals surface area contributed by atoms with Gasteiger partial charge in [-0.15, -0.1) is 0 Å². The molecule has 0 aliphatic rings. The van der Waals surface area contributed by atoms with E-state index in [1.807, 2.05) is 22.6 Å². The third-order valence-electron chi connectivity index (χ3n) is 1.98. The summed E-state index contributed by atoms with van der Waals surface area (Å²) in [6.45, 7) is -0.326. The summed E-state index contributed by atoms with van der Waals surface area (Å²) in [6, 6.07) is 4.89. The van der Waals surface area contributed by atoms with Crippen molar-refractivity contribution in [1.82, 2.24) is 0 Å². The van der Waals surface area contributed by atoms with Crippen LogP contribution >= 0.6 is 22.6 Å². The van der Waals surface area contributed by atoms with Crippen molar-refractivity contribution in [3.05, 3.63) is 32.9 Å². The number of hydrogen-bond acceptors (Lipinski definition) is 3. The van der Waals surface area contributed by atoms with Gasteiger partial charge >= 0.3 is 5.97 Å². The van der Waals surface area contributed by atoms with Gasteiger partial charge in [0.25, 0.3) is 0 Å². The first-order chi connectivity index (χ1) is 7.06. The van der Waals surface area contributed by atoms with E-state index in [1.54, 1.807) is 12.1 Å². The van der Waals surface area contributed by atoms with E-state index in [2.05, 4.69) is 0 Å². The highest BCUT2D eigenvalue weighted by molar-refractivity contribution is 14.1. The Morgan fingerprint density at radius 2 is 2.13 bits per heavy atom. The number of halogens is 1. The SMILES string of the molecule is O=C(O)c1cccc(CC(O)CO)c1I. The number of benzene rings is 1. The number of hydrogen-bond donors (Lipinski definition) is 3. The Bertz CT molecular complexity index is 364. The van der Waals surface area contributed by atoms with Crippen molar-refractivity contribution in [3.8, 4) is 0 Å². The van der Waals surface area contributed by atoms with Crippen molar-refractivity contribution in [2.24, 2.45) is 0 Å². The molecule has 1 aromatic rings. The van der Waals surface area contributed by atoms with Crippen LogP contribution in [-0.2, 0) is 6.42 Å². The minimum absolute atomic E-state index is 0.221. The largest absolute Gasteiger partial charge is 0.478 e. The Kier molecular flexibility index (Phi) is 4.49. The van der Waals surface area contributed by atoms with E-state index < -0.39 is 12.1 Å². The van der Waals surface area contributed by atoms with Crippen molar-refractivity contribution < 1.29 is 20.1 Å². The van der Waals surface area contributed by atoms with Crippen molar-refractivity contribution in [2.75, 3.05) is 6.61 Å². The number of aromatic carboxylic acids is 1. The highest BCUT2D eigenvalue weighted by atomic mass is 127. The van der Waals surface area contributed by atoms with Crippen LogP contribution in [-0.4, -0.2) is 34.0 Å². The third kappa shape index (κ3) is 3.15. The molecular formula is C10H11IO4. The molecular weight excluding hydrogens is 311 g/mol.